The normalized spacial score (nSPS) is 16.9. The molecule has 35 heavy (non-hydrogen) atoms. The predicted octanol–water partition coefficient (Wildman–Crippen LogP) is 3.65. The molecule has 0 spiro atoms. The number of carbonyl (C=O) groups is 1. The van der Waals surface area contributed by atoms with E-state index in [1.165, 1.54) is 16.9 Å². The van der Waals surface area contributed by atoms with Crippen molar-refractivity contribution in [1.29, 1.82) is 0 Å². The first-order valence-electron chi connectivity index (χ1n) is 11.6. The highest BCUT2D eigenvalue weighted by molar-refractivity contribution is 7.07. The standard InChI is InChI=1S/C27H26N2O5S/c1-5-32-26(31)23-16(4)28-27-29(24(23)19-9-7-18(8-10-19)15(2)3)25(30)22(35-27)13-17-6-11-20-21(12-17)34-14-33-20/h6-13,15,24H,5,14H2,1-4H3/b22-13-/t24-/m0/s1. The summed E-state index contributed by atoms with van der Waals surface area (Å²) < 4.78 is 18.3. The summed E-state index contributed by atoms with van der Waals surface area (Å²) >= 11 is 1.30. The molecule has 0 fully saturated rings. The molecule has 0 aliphatic carbocycles. The van der Waals surface area contributed by atoms with Crippen molar-refractivity contribution in [3.8, 4) is 11.5 Å². The van der Waals surface area contributed by atoms with Crippen LogP contribution >= 0.6 is 11.3 Å². The highest BCUT2D eigenvalue weighted by Crippen LogP contribution is 2.33. The number of esters is 1. The van der Waals surface area contributed by atoms with Gasteiger partial charge in [0.15, 0.2) is 16.3 Å². The fourth-order valence-corrected chi connectivity index (χ4v) is 5.37. The molecule has 8 heteroatoms. The number of hydrogen-bond donors (Lipinski definition) is 0. The lowest BCUT2D eigenvalue weighted by molar-refractivity contribution is -0.139. The van der Waals surface area contributed by atoms with Gasteiger partial charge in [0.2, 0.25) is 6.79 Å². The van der Waals surface area contributed by atoms with Gasteiger partial charge in [-0.1, -0.05) is 55.5 Å². The number of nitrogens with zero attached hydrogens (tertiary/aromatic N) is 2. The molecule has 2 aliphatic rings. The number of fused-ring (bicyclic) bond motifs is 2. The fourth-order valence-electron chi connectivity index (χ4n) is 4.32. The Morgan fingerprint density at radius 2 is 1.94 bits per heavy atom. The van der Waals surface area contributed by atoms with Crippen molar-refractivity contribution in [2.75, 3.05) is 13.4 Å². The lowest BCUT2D eigenvalue weighted by Gasteiger charge is -2.25. The van der Waals surface area contributed by atoms with Crippen LogP contribution in [0.15, 0.2) is 63.5 Å². The highest BCUT2D eigenvalue weighted by atomic mass is 32.1. The van der Waals surface area contributed by atoms with Crippen molar-refractivity contribution in [3.05, 3.63) is 90.1 Å². The molecule has 0 unspecified atom stereocenters. The van der Waals surface area contributed by atoms with Crippen molar-refractivity contribution in [3.63, 3.8) is 0 Å². The smallest absolute Gasteiger partial charge is 0.338 e. The fraction of sp³-hybridized carbons (Fsp3) is 0.296. The summed E-state index contributed by atoms with van der Waals surface area (Å²) in [5, 5.41) is 0. The van der Waals surface area contributed by atoms with Crippen LogP contribution in [-0.2, 0) is 9.53 Å². The van der Waals surface area contributed by atoms with Gasteiger partial charge in [0.05, 0.1) is 28.5 Å². The van der Waals surface area contributed by atoms with E-state index in [4.69, 9.17) is 14.2 Å². The van der Waals surface area contributed by atoms with Crippen LogP contribution in [0.1, 0.15) is 56.3 Å². The minimum Gasteiger partial charge on any atom is -0.463 e. The van der Waals surface area contributed by atoms with E-state index in [0.717, 1.165) is 11.1 Å². The third kappa shape index (κ3) is 4.18. The quantitative estimate of drug-likeness (QED) is 0.510. The summed E-state index contributed by atoms with van der Waals surface area (Å²) in [5.41, 5.74) is 3.56. The van der Waals surface area contributed by atoms with Crippen LogP contribution in [-0.4, -0.2) is 23.9 Å². The third-order valence-electron chi connectivity index (χ3n) is 6.13. The lowest BCUT2D eigenvalue weighted by Crippen LogP contribution is -2.39. The number of thiazole rings is 1. The van der Waals surface area contributed by atoms with E-state index in [1.54, 1.807) is 18.4 Å². The third-order valence-corrected chi connectivity index (χ3v) is 7.11. The molecule has 3 heterocycles. The Balaban J connectivity index is 1.67. The average Bonchev–Trinajstić information content (AvgIpc) is 3.42. The van der Waals surface area contributed by atoms with Gasteiger partial charge in [-0.3, -0.25) is 9.36 Å². The minimum absolute atomic E-state index is 0.187. The number of hydrogen-bond acceptors (Lipinski definition) is 7. The van der Waals surface area contributed by atoms with Gasteiger partial charge in [0.25, 0.3) is 5.56 Å². The number of allylic oxidation sites excluding steroid dienone is 1. The summed E-state index contributed by atoms with van der Waals surface area (Å²) in [6.07, 6.45) is 1.81. The molecule has 1 aromatic heterocycles. The molecule has 0 amide bonds. The van der Waals surface area contributed by atoms with Crippen LogP contribution in [0.5, 0.6) is 11.5 Å². The first kappa shape index (κ1) is 23.1. The van der Waals surface area contributed by atoms with Crippen molar-refractivity contribution < 1.29 is 19.0 Å². The molecule has 0 saturated carbocycles. The van der Waals surface area contributed by atoms with Crippen LogP contribution in [0.4, 0.5) is 0 Å². The highest BCUT2D eigenvalue weighted by Gasteiger charge is 2.33. The molecule has 3 aromatic rings. The Bertz CT molecular complexity index is 1510. The number of rotatable bonds is 5. The van der Waals surface area contributed by atoms with Gasteiger partial charge in [0.1, 0.15) is 0 Å². The van der Waals surface area contributed by atoms with Gasteiger partial charge in [-0.2, -0.15) is 0 Å². The minimum atomic E-state index is -0.620. The van der Waals surface area contributed by atoms with E-state index in [2.05, 4.69) is 18.8 Å². The predicted molar refractivity (Wildman–Crippen MR) is 133 cm³/mol. The molecule has 0 radical (unpaired) electrons. The molecular weight excluding hydrogens is 464 g/mol. The zero-order chi connectivity index (χ0) is 24.7. The lowest BCUT2D eigenvalue weighted by atomic mass is 9.93. The maximum Gasteiger partial charge on any atom is 0.338 e. The zero-order valence-electron chi connectivity index (χ0n) is 20.0. The summed E-state index contributed by atoms with van der Waals surface area (Å²) in [6, 6.07) is 13.0. The molecule has 0 bridgehead atoms. The van der Waals surface area contributed by atoms with Gasteiger partial charge >= 0.3 is 5.97 Å². The second-order valence-corrected chi connectivity index (χ2v) is 9.75. The molecule has 5 rings (SSSR count). The second-order valence-electron chi connectivity index (χ2n) is 8.74. The Hall–Kier alpha value is -3.65. The molecule has 1 atom stereocenters. The van der Waals surface area contributed by atoms with E-state index in [9.17, 15) is 9.59 Å². The SMILES string of the molecule is CCOC(=O)C1=C(C)N=c2s/c(=C\c3ccc4c(c3)OCO4)c(=O)n2[C@H]1c1ccc(C(C)C)cc1. The number of carbonyl (C=O) groups excluding carboxylic acids is 1. The van der Waals surface area contributed by atoms with Gasteiger partial charge in [-0.15, -0.1) is 0 Å². The molecule has 2 aliphatic heterocycles. The molecule has 0 N–H and O–H groups in total. The van der Waals surface area contributed by atoms with Crippen LogP contribution in [0.3, 0.4) is 0 Å². The van der Waals surface area contributed by atoms with E-state index >= 15 is 0 Å². The number of ether oxygens (including phenoxy) is 3. The maximum atomic E-state index is 13.7. The number of benzene rings is 2. The van der Waals surface area contributed by atoms with Crippen LogP contribution in [0.25, 0.3) is 6.08 Å². The monoisotopic (exact) mass is 490 g/mol. The van der Waals surface area contributed by atoms with E-state index in [1.807, 2.05) is 48.5 Å². The molecule has 7 nitrogen and oxygen atoms in total. The largest absolute Gasteiger partial charge is 0.463 e. The molecule has 0 saturated heterocycles. The molecular formula is C27H26N2O5S. The Kier molecular flexibility index (Phi) is 6.06. The van der Waals surface area contributed by atoms with E-state index in [-0.39, 0.29) is 19.0 Å². The average molecular weight is 491 g/mol. The van der Waals surface area contributed by atoms with Crippen LogP contribution < -0.4 is 24.4 Å². The van der Waals surface area contributed by atoms with Crippen molar-refractivity contribution >= 4 is 23.4 Å². The summed E-state index contributed by atoms with van der Waals surface area (Å²) in [6.45, 7) is 8.23. The van der Waals surface area contributed by atoms with Crippen LogP contribution in [0, 0.1) is 0 Å². The Morgan fingerprint density at radius 3 is 2.66 bits per heavy atom. The summed E-state index contributed by atoms with van der Waals surface area (Å²) in [4.78, 5) is 31.9. The molecule has 2 aromatic carbocycles. The zero-order valence-corrected chi connectivity index (χ0v) is 20.8. The number of aromatic nitrogens is 1. The van der Waals surface area contributed by atoms with E-state index < -0.39 is 12.0 Å². The van der Waals surface area contributed by atoms with Gasteiger partial charge < -0.3 is 14.2 Å². The first-order chi connectivity index (χ1) is 16.9. The van der Waals surface area contributed by atoms with Gasteiger partial charge in [0, 0.05) is 0 Å². The van der Waals surface area contributed by atoms with Crippen molar-refractivity contribution in [2.45, 2.75) is 39.7 Å². The van der Waals surface area contributed by atoms with Crippen LogP contribution in [0.2, 0.25) is 0 Å². The Labute approximate surface area is 206 Å². The topological polar surface area (TPSA) is 79.1 Å². The van der Waals surface area contributed by atoms with Crippen molar-refractivity contribution in [2.24, 2.45) is 4.99 Å². The van der Waals surface area contributed by atoms with E-state index in [0.29, 0.717) is 38.0 Å². The maximum absolute atomic E-state index is 13.7. The first-order valence-corrected chi connectivity index (χ1v) is 12.4. The summed E-state index contributed by atoms with van der Waals surface area (Å²) in [5.74, 6) is 1.24. The second kappa shape index (κ2) is 9.19. The summed E-state index contributed by atoms with van der Waals surface area (Å²) in [7, 11) is 0. The van der Waals surface area contributed by atoms with Gasteiger partial charge in [-0.05, 0) is 54.7 Å². The van der Waals surface area contributed by atoms with Gasteiger partial charge in [-0.25, -0.2) is 9.79 Å². The molecule has 180 valence electrons. The van der Waals surface area contributed by atoms with Crippen molar-refractivity contribution in [1.82, 2.24) is 4.57 Å². The Morgan fingerprint density at radius 1 is 1.20 bits per heavy atom.